The molecule has 0 fully saturated rings. The molecule has 2 aromatic rings. The van der Waals surface area contributed by atoms with Gasteiger partial charge < -0.3 is 27.8 Å². The molecule has 2 N–H and O–H groups in total. The Morgan fingerprint density at radius 3 is 2.19 bits per heavy atom. The molecule has 2 aromatic carbocycles. The number of carbonyl (C=O) groups excluding carboxylic acids is 1. The Bertz CT molecular complexity index is 698. The van der Waals surface area contributed by atoms with Crippen LogP contribution >= 0.6 is 0 Å². The van der Waals surface area contributed by atoms with Crippen molar-refractivity contribution in [1.82, 2.24) is 10.6 Å². The van der Waals surface area contributed by atoms with E-state index in [9.17, 15) is 9.18 Å². The van der Waals surface area contributed by atoms with Crippen LogP contribution < -0.4 is 27.8 Å². The zero-order valence-electron chi connectivity index (χ0n) is 16.0. The standard InChI is InChI=1S/C21H27FN2O2.ClH/c1-21(2,3)24-20(25)15-26-19-10-6-17(7-11-19)14-23-13-12-16-4-8-18(22)9-5-16;/h4-11,23H,12-15H2,1-3H3,(H,24,25);1H/p-1. The Kier molecular flexibility index (Phi) is 9.26. The van der Waals surface area contributed by atoms with E-state index in [1.54, 1.807) is 12.1 Å². The molecule has 0 heterocycles. The first-order valence-electron chi connectivity index (χ1n) is 8.80. The Hall–Kier alpha value is -2.11. The van der Waals surface area contributed by atoms with Crippen molar-refractivity contribution in [2.45, 2.75) is 39.3 Å². The Morgan fingerprint density at radius 1 is 1.00 bits per heavy atom. The van der Waals surface area contributed by atoms with Gasteiger partial charge in [-0.2, -0.15) is 0 Å². The largest absolute Gasteiger partial charge is 1.00 e. The fourth-order valence-corrected chi connectivity index (χ4v) is 2.42. The van der Waals surface area contributed by atoms with Crippen LogP contribution in [0, 0.1) is 5.82 Å². The second-order valence-corrected chi connectivity index (χ2v) is 7.28. The lowest BCUT2D eigenvalue weighted by molar-refractivity contribution is -0.124. The lowest BCUT2D eigenvalue weighted by Gasteiger charge is -2.20. The molecular weight excluding hydrogens is 367 g/mol. The maximum Gasteiger partial charge on any atom is 0.258 e. The van der Waals surface area contributed by atoms with E-state index in [1.165, 1.54) is 12.1 Å². The molecule has 2 rings (SSSR count). The molecule has 1 amide bonds. The molecule has 0 spiro atoms. The lowest BCUT2D eigenvalue weighted by Crippen LogP contribution is -3.00. The predicted octanol–water partition coefficient (Wildman–Crippen LogP) is 0.456. The van der Waals surface area contributed by atoms with Gasteiger partial charge in [-0.1, -0.05) is 24.3 Å². The average Bonchev–Trinajstić information content (AvgIpc) is 2.58. The number of rotatable bonds is 8. The minimum absolute atomic E-state index is 0. The van der Waals surface area contributed by atoms with Crippen molar-refractivity contribution in [2.24, 2.45) is 0 Å². The highest BCUT2D eigenvalue weighted by atomic mass is 35.5. The molecule has 4 nitrogen and oxygen atoms in total. The normalized spacial score (nSPS) is 10.8. The summed E-state index contributed by atoms with van der Waals surface area (Å²) in [6.07, 6.45) is 0.852. The van der Waals surface area contributed by atoms with Crippen molar-refractivity contribution in [3.63, 3.8) is 0 Å². The van der Waals surface area contributed by atoms with E-state index in [2.05, 4.69) is 10.6 Å². The minimum Gasteiger partial charge on any atom is -1.00 e. The van der Waals surface area contributed by atoms with E-state index in [-0.39, 0.29) is 36.3 Å². The number of hydrogen-bond acceptors (Lipinski definition) is 3. The first-order valence-corrected chi connectivity index (χ1v) is 8.80. The quantitative estimate of drug-likeness (QED) is 0.640. The van der Waals surface area contributed by atoms with E-state index in [0.29, 0.717) is 5.75 Å². The number of amides is 1. The number of hydrogen-bond donors (Lipinski definition) is 2. The molecule has 6 heteroatoms. The molecule has 0 aliphatic rings. The van der Waals surface area contributed by atoms with Crippen LogP contribution in [0.4, 0.5) is 4.39 Å². The van der Waals surface area contributed by atoms with Gasteiger partial charge in [-0.25, -0.2) is 4.39 Å². The first kappa shape index (κ1) is 22.9. The summed E-state index contributed by atoms with van der Waals surface area (Å²) in [7, 11) is 0. The third-order valence-electron chi connectivity index (χ3n) is 3.64. The van der Waals surface area contributed by atoms with Crippen LogP contribution in [0.3, 0.4) is 0 Å². The molecule has 0 radical (unpaired) electrons. The van der Waals surface area contributed by atoms with Gasteiger partial charge in [0.05, 0.1) is 0 Å². The summed E-state index contributed by atoms with van der Waals surface area (Å²) < 4.78 is 18.4. The zero-order chi connectivity index (χ0) is 19.0. The molecule has 0 atom stereocenters. The molecule has 0 saturated carbocycles. The number of ether oxygens (including phenoxy) is 1. The fourth-order valence-electron chi connectivity index (χ4n) is 2.42. The SMILES string of the molecule is CC(C)(C)NC(=O)COc1ccc(CNCCc2ccc(F)cc2)cc1.[Cl-]. The molecule has 27 heavy (non-hydrogen) atoms. The summed E-state index contributed by atoms with van der Waals surface area (Å²) in [6, 6.07) is 14.2. The monoisotopic (exact) mass is 393 g/mol. The predicted molar refractivity (Wildman–Crippen MR) is 102 cm³/mol. The molecule has 0 aliphatic carbocycles. The van der Waals surface area contributed by atoms with Gasteiger partial charge in [0, 0.05) is 12.1 Å². The highest BCUT2D eigenvalue weighted by Gasteiger charge is 2.13. The highest BCUT2D eigenvalue weighted by molar-refractivity contribution is 5.78. The lowest BCUT2D eigenvalue weighted by atomic mass is 10.1. The highest BCUT2D eigenvalue weighted by Crippen LogP contribution is 2.12. The van der Waals surface area contributed by atoms with Crippen LogP contribution in [0.15, 0.2) is 48.5 Å². The van der Waals surface area contributed by atoms with Gasteiger partial charge >= 0.3 is 0 Å². The third kappa shape index (κ3) is 9.40. The van der Waals surface area contributed by atoms with E-state index in [1.807, 2.05) is 45.0 Å². The smallest absolute Gasteiger partial charge is 0.258 e. The zero-order valence-corrected chi connectivity index (χ0v) is 16.8. The van der Waals surface area contributed by atoms with Gasteiger partial charge in [-0.05, 0) is 69.1 Å². The summed E-state index contributed by atoms with van der Waals surface area (Å²) >= 11 is 0. The van der Waals surface area contributed by atoms with Crippen molar-refractivity contribution in [3.05, 3.63) is 65.5 Å². The van der Waals surface area contributed by atoms with Crippen molar-refractivity contribution < 1.29 is 26.3 Å². The molecule has 0 saturated heterocycles. The van der Waals surface area contributed by atoms with Crippen LogP contribution in [-0.2, 0) is 17.8 Å². The van der Waals surface area contributed by atoms with Crippen LogP contribution in [0.25, 0.3) is 0 Å². The summed E-state index contributed by atoms with van der Waals surface area (Å²) in [5.74, 6) is 0.327. The summed E-state index contributed by atoms with van der Waals surface area (Å²) in [4.78, 5) is 11.7. The van der Waals surface area contributed by atoms with Crippen molar-refractivity contribution in [3.8, 4) is 5.75 Å². The molecule has 0 bridgehead atoms. The Balaban J connectivity index is 0.00000364. The van der Waals surface area contributed by atoms with Gasteiger partial charge in [0.25, 0.3) is 5.91 Å². The number of carbonyl (C=O) groups is 1. The van der Waals surface area contributed by atoms with Gasteiger partial charge in [0.1, 0.15) is 11.6 Å². The van der Waals surface area contributed by atoms with Gasteiger partial charge in [-0.3, -0.25) is 4.79 Å². The Morgan fingerprint density at radius 2 is 1.59 bits per heavy atom. The fraction of sp³-hybridized carbons (Fsp3) is 0.381. The van der Waals surface area contributed by atoms with Crippen LogP contribution in [0.1, 0.15) is 31.9 Å². The maximum absolute atomic E-state index is 12.9. The van der Waals surface area contributed by atoms with Gasteiger partial charge in [0.2, 0.25) is 0 Å². The molecule has 0 aliphatic heterocycles. The van der Waals surface area contributed by atoms with Crippen LogP contribution in [-0.4, -0.2) is 24.6 Å². The summed E-state index contributed by atoms with van der Waals surface area (Å²) in [5, 5.41) is 6.22. The second kappa shape index (κ2) is 10.9. The number of benzene rings is 2. The molecular formula is C21H27ClFN2O2-. The second-order valence-electron chi connectivity index (χ2n) is 7.28. The number of nitrogens with one attached hydrogen (secondary N) is 2. The third-order valence-corrected chi connectivity index (χ3v) is 3.64. The molecule has 0 aromatic heterocycles. The first-order chi connectivity index (χ1) is 12.3. The summed E-state index contributed by atoms with van der Waals surface area (Å²) in [5.41, 5.74) is 1.98. The van der Waals surface area contributed by atoms with E-state index in [4.69, 9.17) is 4.74 Å². The van der Waals surface area contributed by atoms with Crippen LogP contribution in [0.5, 0.6) is 5.75 Å². The van der Waals surface area contributed by atoms with Crippen molar-refractivity contribution in [1.29, 1.82) is 0 Å². The van der Waals surface area contributed by atoms with Crippen LogP contribution in [0.2, 0.25) is 0 Å². The van der Waals surface area contributed by atoms with Gasteiger partial charge in [0.15, 0.2) is 6.61 Å². The average molecular weight is 394 g/mol. The maximum atomic E-state index is 12.9. The van der Waals surface area contributed by atoms with E-state index in [0.717, 1.165) is 30.6 Å². The van der Waals surface area contributed by atoms with E-state index < -0.39 is 0 Å². The number of halogens is 2. The molecule has 0 unspecified atom stereocenters. The topological polar surface area (TPSA) is 50.4 Å². The minimum atomic E-state index is -0.260. The van der Waals surface area contributed by atoms with Gasteiger partial charge in [-0.15, -0.1) is 0 Å². The van der Waals surface area contributed by atoms with E-state index >= 15 is 0 Å². The van der Waals surface area contributed by atoms with Crippen molar-refractivity contribution in [2.75, 3.05) is 13.2 Å². The Labute approximate surface area is 166 Å². The summed E-state index contributed by atoms with van der Waals surface area (Å²) in [6.45, 7) is 7.36. The molecule has 148 valence electrons. The van der Waals surface area contributed by atoms with Crippen molar-refractivity contribution >= 4 is 5.91 Å².